The van der Waals surface area contributed by atoms with Crippen LogP contribution in [0.2, 0.25) is 0 Å². The van der Waals surface area contributed by atoms with E-state index in [0.717, 1.165) is 36.9 Å². The smallest absolute Gasteiger partial charge is 0.320 e. The quantitative estimate of drug-likeness (QED) is 0.487. The Bertz CT molecular complexity index is 968. The summed E-state index contributed by atoms with van der Waals surface area (Å²) < 4.78 is 12.8. The van der Waals surface area contributed by atoms with Crippen molar-refractivity contribution in [2.24, 2.45) is 0 Å². The van der Waals surface area contributed by atoms with Gasteiger partial charge in [-0.3, -0.25) is 14.9 Å². The lowest BCUT2D eigenvalue weighted by atomic mass is 9.48. The predicted molar refractivity (Wildman–Crippen MR) is 113 cm³/mol. The van der Waals surface area contributed by atoms with Crippen LogP contribution in [0.4, 0.5) is 0 Å². The third-order valence-corrected chi connectivity index (χ3v) is 8.41. The maximum atomic E-state index is 11.9. The topological polar surface area (TPSA) is 129 Å². The van der Waals surface area contributed by atoms with Gasteiger partial charge in [0.05, 0.1) is 11.0 Å². The number of likely N-dealkylation sites (N-methyl/N-ethyl adjacent to an activating group) is 1. The van der Waals surface area contributed by atoms with Crippen LogP contribution in [0.15, 0.2) is 12.1 Å². The third kappa shape index (κ3) is 2.67. The first-order chi connectivity index (χ1) is 15.2. The van der Waals surface area contributed by atoms with E-state index < -0.39 is 35.1 Å². The molecule has 2 heterocycles. The third-order valence-electron chi connectivity index (χ3n) is 8.41. The fourth-order valence-electron chi connectivity index (χ4n) is 7.11. The number of benzene rings is 1. The highest BCUT2D eigenvalue weighted by Gasteiger charge is 2.73. The number of carboxylic acid groups (broad SMARTS) is 2. The molecule has 2 aliphatic heterocycles. The molecule has 1 aromatic carbocycles. The SMILES string of the molecule is CO[C@@]12CC[C@@H](N[C@@H](CCC(=O)O)C(=O)O)[C@@H]3Oc4c(O)ccc5c4[C@@]31CCN(C)[C@@H]2C5. The van der Waals surface area contributed by atoms with Gasteiger partial charge in [0.2, 0.25) is 0 Å². The number of methoxy groups -OCH3 is 1. The number of carboxylic acids is 2. The van der Waals surface area contributed by atoms with Gasteiger partial charge in [-0.1, -0.05) is 6.07 Å². The highest BCUT2D eigenvalue weighted by atomic mass is 16.5. The summed E-state index contributed by atoms with van der Waals surface area (Å²) >= 11 is 0. The van der Waals surface area contributed by atoms with Gasteiger partial charge in [-0.05, 0) is 57.3 Å². The van der Waals surface area contributed by atoms with Crippen LogP contribution in [0, 0.1) is 0 Å². The van der Waals surface area contributed by atoms with Crippen LogP contribution in [0.5, 0.6) is 11.5 Å². The first kappa shape index (κ1) is 21.5. The molecular formula is C23H30N2O7. The number of nitrogens with zero attached hydrogens (tertiary/aromatic N) is 1. The Kier molecular flexibility index (Phi) is 4.92. The van der Waals surface area contributed by atoms with Crippen molar-refractivity contribution in [2.45, 2.75) is 73.8 Å². The van der Waals surface area contributed by atoms with Crippen molar-refractivity contribution in [3.8, 4) is 11.5 Å². The monoisotopic (exact) mass is 446 g/mol. The van der Waals surface area contributed by atoms with Gasteiger partial charge in [0, 0.05) is 31.2 Å². The van der Waals surface area contributed by atoms with E-state index in [4.69, 9.17) is 14.6 Å². The standard InChI is InChI=1S/C23H30N2O7/c1-25-10-9-22-18-12-3-5-15(26)19(18)32-20(22)13(7-8-23(22,31-2)16(25)11-12)24-14(21(29)30)4-6-17(27)28/h3,5,13-14,16,20,24,26H,4,6-11H2,1-2H3,(H,27,28)(H,29,30)/t13-,14+,16-,20+,22+,23-/m1/s1. The maximum absolute atomic E-state index is 11.9. The van der Waals surface area contributed by atoms with E-state index in [1.54, 1.807) is 13.2 Å². The molecule has 174 valence electrons. The molecule has 2 fully saturated rings. The zero-order chi connectivity index (χ0) is 22.8. The molecule has 0 amide bonds. The highest BCUT2D eigenvalue weighted by Crippen LogP contribution is 2.66. The molecule has 9 nitrogen and oxygen atoms in total. The molecule has 0 aromatic heterocycles. The van der Waals surface area contributed by atoms with E-state index in [1.165, 1.54) is 0 Å². The van der Waals surface area contributed by atoms with Crippen LogP contribution < -0.4 is 10.1 Å². The molecule has 2 aliphatic carbocycles. The molecule has 0 radical (unpaired) electrons. The van der Waals surface area contributed by atoms with Gasteiger partial charge < -0.3 is 29.7 Å². The van der Waals surface area contributed by atoms with Gasteiger partial charge in [-0.25, -0.2) is 0 Å². The highest BCUT2D eigenvalue weighted by molar-refractivity contribution is 5.75. The molecule has 1 saturated carbocycles. The number of piperidine rings is 1. The Morgan fingerprint density at radius 2 is 2.12 bits per heavy atom. The normalized spacial score (nSPS) is 35.6. The average molecular weight is 447 g/mol. The van der Waals surface area contributed by atoms with Gasteiger partial charge in [0.25, 0.3) is 0 Å². The van der Waals surface area contributed by atoms with E-state index in [9.17, 15) is 19.8 Å². The van der Waals surface area contributed by atoms with Crippen molar-refractivity contribution >= 4 is 11.9 Å². The maximum Gasteiger partial charge on any atom is 0.320 e. The summed E-state index contributed by atoms with van der Waals surface area (Å²) in [6.07, 6.45) is 2.27. The summed E-state index contributed by atoms with van der Waals surface area (Å²) in [6, 6.07) is 2.49. The largest absolute Gasteiger partial charge is 0.504 e. The van der Waals surface area contributed by atoms with Crippen LogP contribution in [0.25, 0.3) is 0 Å². The lowest BCUT2D eigenvalue weighted by Gasteiger charge is -2.65. The number of rotatable bonds is 7. The Balaban J connectivity index is 1.59. The van der Waals surface area contributed by atoms with E-state index in [2.05, 4.69) is 17.3 Å². The second kappa shape index (κ2) is 7.33. The van der Waals surface area contributed by atoms with Gasteiger partial charge in [0.15, 0.2) is 11.5 Å². The number of ether oxygens (including phenoxy) is 2. The van der Waals surface area contributed by atoms with E-state index in [0.29, 0.717) is 12.2 Å². The molecule has 1 spiro atoms. The molecule has 32 heavy (non-hydrogen) atoms. The Morgan fingerprint density at radius 3 is 2.81 bits per heavy atom. The molecule has 5 rings (SSSR count). The first-order valence-corrected chi connectivity index (χ1v) is 11.2. The zero-order valence-electron chi connectivity index (χ0n) is 18.3. The minimum absolute atomic E-state index is 0.00881. The molecule has 4 N–H and O–H groups in total. The Morgan fingerprint density at radius 1 is 1.34 bits per heavy atom. The molecule has 2 bridgehead atoms. The summed E-state index contributed by atoms with van der Waals surface area (Å²) in [5.74, 6) is -1.52. The second-order valence-electron chi connectivity index (χ2n) is 9.64. The van der Waals surface area contributed by atoms with Gasteiger partial charge in [-0.2, -0.15) is 0 Å². The minimum atomic E-state index is -1.07. The van der Waals surface area contributed by atoms with Crippen LogP contribution in [-0.2, 0) is 26.2 Å². The second-order valence-corrected chi connectivity index (χ2v) is 9.64. The van der Waals surface area contributed by atoms with Gasteiger partial charge in [0.1, 0.15) is 12.1 Å². The number of aromatic hydroxyl groups is 1. The number of hydrogen-bond donors (Lipinski definition) is 4. The van der Waals surface area contributed by atoms with Crippen LogP contribution in [-0.4, -0.2) is 82.7 Å². The molecule has 4 aliphatic rings. The van der Waals surface area contributed by atoms with E-state index in [1.807, 2.05) is 6.07 Å². The van der Waals surface area contributed by atoms with Crippen molar-refractivity contribution in [2.75, 3.05) is 20.7 Å². The molecule has 1 aromatic rings. The molecule has 9 heteroatoms. The lowest BCUT2D eigenvalue weighted by molar-refractivity contribution is -0.204. The van der Waals surface area contributed by atoms with Crippen LogP contribution >= 0.6 is 0 Å². The van der Waals surface area contributed by atoms with Crippen molar-refractivity contribution in [1.29, 1.82) is 0 Å². The van der Waals surface area contributed by atoms with E-state index in [-0.39, 0.29) is 30.7 Å². The number of nitrogens with one attached hydrogen (secondary N) is 1. The lowest BCUT2D eigenvalue weighted by Crippen LogP contribution is -2.78. The summed E-state index contributed by atoms with van der Waals surface area (Å²) in [6.45, 7) is 0.846. The summed E-state index contributed by atoms with van der Waals surface area (Å²) in [4.78, 5) is 25.3. The predicted octanol–water partition coefficient (Wildman–Crippen LogP) is 1.11. The Labute approximate surface area is 186 Å². The molecule has 0 unspecified atom stereocenters. The van der Waals surface area contributed by atoms with Crippen LogP contribution in [0.1, 0.15) is 43.2 Å². The number of likely N-dealkylation sites (tertiary alicyclic amines) is 1. The average Bonchev–Trinajstić information content (AvgIpc) is 3.11. The summed E-state index contributed by atoms with van der Waals surface area (Å²) in [5.41, 5.74) is 1.14. The van der Waals surface area contributed by atoms with Crippen molar-refractivity contribution in [1.82, 2.24) is 10.2 Å². The number of carbonyl (C=O) groups is 2. The minimum Gasteiger partial charge on any atom is -0.504 e. The molecule has 1 saturated heterocycles. The van der Waals surface area contributed by atoms with Gasteiger partial charge >= 0.3 is 11.9 Å². The van der Waals surface area contributed by atoms with Crippen molar-refractivity contribution in [3.63, 3.8) is 0 Å². The van der Waals surface area contributed by atoms with Gasteiger partial charge in [-0.15, -0.1) is 0 Å². The molecule has 6 atom stereocenters. The summed E-state index contributed by atoms with van der Waals surface area (Å²) in [7, 11) is 3.86. The fraction of sp³-hybridized carbons (Fsp3) is 0.652. The number of phenolic OH excluding ortho intramolecular Hbond substituents is 1. The fourth-order valence-corrected chi connectivity index (χ4v) is 7.11. The van der Waals surface area contributed by atoms with Crippen molar-refractivity contribution in [3.05, 3.63) is 23.3 Å². The number of phenols is 1. The first-order valence-electron chi connectivity index (χ1n) is 11.2. The molecular weight excluding hydrogens is 416 g/mol. The summed E-state index contributed by atoms with van der Waals surface area (Å²) in [5, 5.41) is 32.6. The Hall–Kier alpha value is -2.36. The van der Waals surface area contributed by atoms with Crippen LogP contribution in [0.3, 0.4) is 0 Å². The van der Waals surface area contributed by atoms with E-state index >= 15 is 0 Å². The van der Waals surface area contributed by atoms with Crippen molar-refractivity contribution < 1.29 is 34.4 Å². The number of hydrogen-bond acceptors (Lipinski definition) is 7. The number of aliphatic carboxylic acids is 2. The zero-order valence-corrected chi connectivity index (χ0v) is 18.3.